The first-order chi connectivity index (χ1) is 14.5. The molecule has 1 saturated heterocycles. The zero-order valence-corrected chi connectivity index (χ0v) is 16.7. The van der Waals surface area contributed by atoms with E-state index in [4.69, 9.17) is 5.73 Å². The van der Waals surface area contributed by atoms with Crippen molar-refractivity contribution in [2.24, 2.45) is 11.1 Å². The van der Waals surface area contributed by atoms with Crippen LogP contribution in [0.4, 0.5) is 10.1 Å². The van der Waals surface area contributed by atoms with E-state index in [1.165, 1.54) is 17.2 Å². The van der Waals surface area contributed by atoms with E-state index in [1.54, 1.807) is 18.3 Å². The van der Waals surface area contributed by atoms with Crippen LogP contribution in [0.5, 0.6) is 5.75 Å². The highest BCUT2D eigenvalue weighted by atomic mass is 19.1. The Labute approximate surface area is 175 Å². The molecule has 5 nitrogen and oxygen atoms in total. The van der Waals surface area contributed by atoms with Gasteiger partial charge >= 0.3 is 0 Å². The molecule has 30 heavy (non-hydrogen) atoms. The van der Waals surface area contributed by atoms with Crippen molar-refractivity contribution in [3.05, 3.63) is 83.4 Å². The van der Waals surface area contributed by atoms with Crippen molar-refractivity contribution in [1.82, 2.24) is 10.2 Å². The summed E-state index contributed by atoms with van der Waals surface area (Å²) in [7, 11) is 0. The van der Waals surface area contributed by atoms with E-state index in [0.29, 0.717) is 16.8 Å². The second-order valence-corrected chi connectivity index (χ2v) is 8.44. The SMILES string of the molecule is C=C(c1ccn[nH]1)c1c(N2CCC3(CC2)Cc2ccccc2[C@H]3N)ccc(O)c1F. The summed E-state index contributed by atoms with van der Waals surface area (Å²) in [5, 5.41) is 16.8. The van der Waals surface area contributed by atoms with E-state index in [0.717, 1.165) is 38.0 Å². The van der Waals surface area contributed by atoms with E-state index in [-0.39, 0.29) is 17.2 Å². The molecule has 6 heteroatoms. The van der Waals surface area contributed by atoms with Crippen LogP contribution >= 0.6 is 0 Å². The van der Waals surface area contributed by atoms with Crippen LogP contribution in [0.25, 0.3) is 5.57 Å². The van der Waals surface area contributed by atoms with Gasteiger partial charge in [-0.3, -0.25) is 5.10 Å². The quantitative estimate of drug-likeness (QED) is 0.613. The maximum absolute atomic E-state index is 15.0. The minimum absolute atomic E-state index is 0.0341. The number of rotatable bonds is 3. The van der Waals surface area contributed by atoms with Crippen molar-refractivity contribution < 1.29 is 9.50 Å². The van der Waals surface area contributed by atoms with Gasteiger partial charge < -0.3 is 15.7 Å². The molecule has 0 saturated carbocycles. The number of piperidine rings is 1. The first-order valence-electron chi connectivity index (χ1n) is 10.3. The van der Waals surface area contributed by atoms with Crippen LogP contribution in [0, 0.1) is 11.2 Å². The predicted molar refractivity (Wildman–Crippen MR) is 116 cm³/mol. The average Bonchev–Trinajstić information content (AvgIpc) is 3.38. The highest BCUT2D eigenvalue weighted by Gasteiger charge is 2.46. The van der Waals surface area contributed by atoms with Gasteiger partial charge in [-0.1, -0.05) is 30.8 Å². The van der Waals surface area contributed by atoms with Crippen LogP contribution in [-0.2, 0) is 6.42 Å². The Morgan fingerprint density at radius 1 is 1.20 bits per heavy atom. The van der Waals surface area contributed by atoms with Gasteiger partial charge in [-0.05, 0) is 54.0 Å². The molecule has 3 aromatic rings. The number of hydrogen-bond acceptors (Lipinski definition) is 4. The number of H-pyrrole nitrogens is 1. The van der Waals surface area contributed by atoms with Crippen molar-refractivity contribution >= 4 is 11.3 Å². The van der Waals surface area contributed by atoms with Gasteiger partial charge in [-0.15, -0.1) is 0 Å². The van der Waals surface area contributed by atoms with Crippen molar-refractivity contribution in [3.63, 3.8) is 0 Å². The second kappa shape index (κ2) is 6.99. The first-order valence-corrected chi connectivity index (χ1v) is 10.3. The molecule has 2 heterocycles. The summed E-state index contributed by atoms with van der Waals surface area (Å²) in [4.78, 5) is 2.18. The fraction of sp³-hybridized carbons (Fsp3) is 0.292. The number of phenols is 1. The molecule has 2 aromatic carbocycles. The maximum Gasteiger partial charge on any atom is 0.174 e. The number of anilines is 1. The fourth-order valence-corrected chi connectivity index (χ4v) is 5.16. The average molecular weight is 404 g/mol. The lowest BCUT2D eigenvalue weighted by atomic mass is 9.73. The van der Waals surface area contributed by atoms with Crippen LogP contribution in [0.1, 0.15) is 41.3 Å². The van der Waals surface area contributed by atoms with E-state index in [1.807, 2.05) is 0 Å². The van der Waals surface area contributed by atoms with Crippen molar-refractivity contribution in [3.8, 4) is 5.75 Å². The maximum atomic E-state index is 15.0. The molecule has 154 valence electrons. The van der Waals surface area contributed by atoms with Crippen LogP contribution in [0.15, 0.2) is 55.2 Å². The smallest absolute Gasteiger partial charge is 0.174 e. The molecule has 4 N–H and O–H groups in total. The molecule has 0 amide bonds. The van der Waals surface area contributed by atoms with Crippen molar-refractivity contribution in [2.45, 2.75) is 25.3 Å². The molecule has 0 unspecified atom stereocenters. The summed E-state index contributed by atoms with van der Waals surface area (Å²) in [6, 6.07) is 13.4. The van der Waals surface area contributed by atoms with E-state index >= 15 is 4.39 Å². The summed E-state index contributed by atoms with van der Waals surface area (Å²) >= 11 is 0. The molecular formula is C24H25FN4O. The highest BCUT2D eigenvalue weighted by Crippen LogP contribution is 2.51. The van der Waals surface area contributed by atoms with Gasteiger partial charge in [0, 0.05) is 42.2 Å². The number of halogens is 1. The molecule has 5 rings (SSSR count). The van der Waals surface area contributed by atoms with Gasteiger partial charge in [-0.2, -0.15) is 5.10 Å². The minimum atomic E-state index is -0.655. The lowest BCUT2D eigenvalue weighted by Crippen LogP contribution is -2.44. The lowest BCUT2D eigenvalue weighted by Gasteiger charge is -2.43. The number of hydrogen-bond donors (Lipinski definition) is 3. The predicted octanol–water partition coefficient (Wildman–Crippen LogP) is 4.16. The van der Waals surface area contributed by atoms with Gasteiger partial charge in [0.25, 0.3) is 0 Å². The van der Waals surface area contributed by atoms with Crippen LogP contribution < -0.4 is 10.6 Å². The third kappa shape index (κ3) is 2.82. The van der Waals surface area contributed by atoms with Gasteiger partial charge in [0.2, 0.25) is 0 Å². The first kappa shape index (κ1) is 18.9. The monoisotopic (exact) mass is 404 g/mol. The number of phenolic OH excluding ortho intramolecular Hbond substituents is 1. The normalized spacial score (nSPS) is 19.8. The molecule has 1 aromatic heterocycles. The van der Waals surface area contributed by atoms with Crippen LogP contribution in [0.2, 0.25) is 0 Å². The van der Waals surface area contributed by atoms with Crippen LogP contribution in [0.3, 0.4) is 0 Å². The molecule has 2 aliphatic rings. The molecule has 1 aliphatic carbocycles. The number of nitrogens with two attached hydrogens (primary N) is 1. The number of aromatic amines is 1. The summed E-state index contributed by atoms with van der Waals surface area (Å²) in [5.41, 5.74) is 11.5. The summed E-state index contributed by atoms with van der Waals surface area (Å²) in [6.07, 6.45) is 4.46. The highest BCUT2D eigenvalue weighted by molar-refractivity contribution is 5.85. The zero-order chi connectivity index (χ0) is 20.9. The number of fused-ring (bicyclic) bond motifs is 1. The largest absolute Gasteiger partial charge is 0.505 e. The Bertz CT molecular complexity index is 1100. The second-order valence-electron chi connectivity index (χ2n) is 8.44. The molecule has 1 spiro atoms. The molecule has 1 fully saturated rings. The van der Waals surface area contributed by atoms with E-state index < -0.39 is 5.82 Å². The molecule has 0 bridgehead atoms. The molecule has 1 aliphatic heterocycles. The van der Waals surface area contributed by atoms with Gasteiger partial charge in [0.05, 0.1) is 5.69 Å². The van der Waals surface area contributed by atoms with E-state index in [2.05, 4.69) is 45.9 Å². The Kier molecular flexibility index (Phi) is 4.40. The Morgan fingerprint density at radius 3 is 2.67 bits per heavy atom. The van der Waals surface area contributed by atoms with Crippen molar-refractivity contribution in [2.75, 3.05) is 18.0 Å². The van der Waals surface area contributed by atoms with Crippen molar-refractivity contribution in [1.29, 1.82) is 0 Å². The Hall–Kier alpha value is -3.12. The molecule has 1 atom stereocenters. The Balaban J connectivity index is 1.44. The number of nitrogens with zero attached hydrogens (tertiary/aromatic N) is 2. The summed E-state index contributed by atoms with van der Waals surface area (Å²) in [6.45, 7) is 5.61. The fourth-order valence-electron chi connectivity index (χ4n) is 5.16. The Morgan fingerprint density at radius 2 is 1.97 bits per heavy atom. The number of aromatic hydroxyl groups is 1. The van der Waals surface area contributed by atoms with Crippen LogP contribution in [-0.4, -0.2) is 28.4 Å². The topological polar surface area (TPSA) is 78.2 Å². The summed E-state index contributed by atoms with van der Waals surface area (Å²) < 4.78 is 15.0. The summed E-state index contributed by atoms with van der Waals surface area (Å²) in [5.74, 6) is -1.03. The van der Waals surface area contributed by atoms with Gasteiger partial charge in [0.15, 0.2) is 11.6 Å². The molecule has 0 radical (unpaired) electrons. The van der Waals surface area contributed by atoms with Gasteiger partial charge in [0.1, 0.15) is 0 Å². The lowest BCUT2D eigenvalue weighted by molar-refractivity contribution is 0.187. The number of nitrogens with one attached hydrogen (secondary N) is 1. The standard InChI is InChI=1S/C24H25FN4O/c1-15(18-8-11-27-28-18)21-19(6-7-20(30)22(21)25)29-12-9-24(10-13-29)14-16-4-2-3-5-17(16)23(24)26/h2-8,11,23,30H,1,9-10,12-14,26H2,(H,27,28)/t23-/m1/s1. The number of benzene rings is 2. The van der Waals surface area contributed by atoms with E-state index in [9.17, 15) is 5.11 Å². The number of aromatic nitrogens is 2. The van der Waals surface area contributed by atoms with Gasteiger partial charge in [-0.25, -0.2) is 4.39 Å². The third-order valence-corrected chi connectivity index (χ3v) is 6.92. The molecular weight excluding hydrogens is 379 g/mol. The zero-order valence-electron chi connectivity index (χ0n) is 16.7. The minimum Gasteiger partial charge on any atom is -0.505 e. The third-order valence-electron chi connectivity index (χ3n) is 6.92.